The number of rotatable bonds is 13. The van der Waals surface area contributed by atoms with Crippen molar-refractivity contribution in [2.75, 3.05) is 37.1 Å². The molecule has 0 aromatic carbocycles. The van der Waals surface area contributed by atoms with E-state index in [1.165, 1.54) is 0 Å². The van der Waals surface area contributed by atoms with Crippen LogP contribution in [0, 0.1) is 0 Å². The van der Waals surface area contributed by atoms with Crippen LogP contribution < -0.4 is 0 Å². The van der Waals surface area contributed by atoms with Crippen LogP contribution in [-0.2, 0) is 4.74 Å². The van der Waals surface area contributed by atoms with Crippen molar-refractivity contribution in [3.8, 4) is 0 Å². The molecule has 22 heavy (non-hydrogen) atoms. The molecule has 0 spiro atoms. The van der Waals surface area contributed by atoms with Crippen molar-refractivity contribution < 1.29 is 25.2 Å². The van der Waals surface area contributed by atoms with Crippen molar-refractivity contribution in [3.05, 3.63) is 0 Å². The first-order chi connectivity index (χ1) is 10.1. The lowest BCUT2D eigenvalue weighted by atomic mass is 10.1. The van der Waals surface area contributed by atoms with Crippen molar-refractivity contribution in [2.24, 2.45) is 0 Å². The van der Waals surface area contributed by atoms with Gasteiger partial charge in [-0.25, -0.2) is 0 Å². The standard InChI is InChI=1S/C15H32O5S2/c1-14(2,5-6-21-9-12(18)7-16)20-11-15(3,4)22-10-13(19)8-17/h12-13,16-19H,5-11H2,1-4H3. The van der Waals surface area contributed by atoms with Gasteiger partial charge in [0.15, 0.2) is 0 Å². The molecule has 0 aliphatic carbocycles. The third-order valence-corrected chi connectivity index (χ3v) is 5.62. The summed E-state index contributed by atoms with van der Waals surface area (Å²) in [6.07, 6.45) is -0.482. The number of hydrogen-bond acceptors (Lipinski definition) is 7. The molecule has 0 rings (SSSR count). The van der Waals surface area contributed by atoms with E-state index in [2.05, 4.69) is 13.8 Å². The van der Waals surface area contributed by atoms with Crippen LogP contribution in [0.1, 0.15) is 34.1 Å². The van der Waals surface area contributed by atoms with Gasteiger partial charge in [0.2, 0.25) is 0 Å². The van der Waals surface area contributed by atoms with E-state index in [0.29, 0.717) is 18.1 Å². The van der Waals surface area contributed by atoms with Crippen molar-refractivity contribution in [1.29, 1.82) is 0 Å². The third-order valence-electron chi connectivity index (χ3n) is 3.06. The summed E-state index contributed by atoms with van der Waals surface area (Å²) in [7, 11) is 0. The molecular formula is C15H32O5S2. The summed E-state index contributed by atoms with van der Waals surface area (Å²) in [4.78, 5) is 0. The second-order valence-electron chi connectivity index (χ2n) is 6.62. The van der Waals surface area contributed by atoms with Crippen molar-refractivity contribution in [1.82, 2.24) is 0 Å². The molecule has 0 radical (unpaired) electrons. The van der Waals surface area contributed by atoms with Crippen molar-refractivity contribution in [2.45, 2.75) is 56.7 Å². The van der Waals surface area contributed by atoms with E-state index in [4.69, 9.17) is 14.9 Å². The first-order valence-corrected chi connectivity index (χ1v) is 9.69. The molecule has 4 N–H and O–H groups in total. The molecular weight excluding hydrogens is 324 g/mol. The van der Waals surface area contributed by atoms with Crippen LogP contribution >= 0.6 is 23.5 Å². The van der Waals surface area contributed by atoms with E-state index < -0.39 is 12.2 Å². The van der Waals surface area contributed by atoms with E-state index in [0.717, 1.165) is 12.2 Å². The monoisotopic (exact) mass is 356 g/mol. The largest absolute Gasteiger partial charge is 0.394 e. The highest BCUT2D eigenvalue weighted by molar-refractivity contribution is 8.00. The Morgan fingerprint density at radius 1 is 0.955 bits per heavy atom. The van der Waals surface area contributed by atoms with E-state index in [1.807, 2.05) is 13.8 Å². The molecule has 0 aliphatic heterocycles. The minimum atomic E-state index is -0.688. The van der Waals surface area contributed by atoms with Gasteiger partial charge in [0.1, 0.15) is 0 Å². The van der Waals surface area contributed by atoms with E-state index >= 15 is 0 Å². The molecule has 0 amide bonds. The molecule has 0 bridgehead atoms. The summed E-state index contributed by atoms with van der Waals surface area (Å²) in [6.45, 7) is 8.35. The SMILES string of the molecule is CC(C)(CCSCC(O)CO)OCC(C)(C)SCC(O)CO. The lowest BCUT2D eigenvalue weighted by molar-refractivity contribution is -0.0267. The summed E-state index contributed by atoms with van der Waals surface area (Å²) in [5, 5.41) is 36.3. The van der Waals surface area contributed by atoms with Gasteiger partial charge in [0.05, 0.1) is 37.6 Å². The minimum Gasteiger partial charge on any atom is -0.394 e. The summed E-state index contributed by atoms with van der Waals surface area (Å²) in [5.41, 5.74) is -0.259. The molecule has 0 saturated heterocycles. The van der Waals surface area contributed by atoms with Gasteiger partial charge in [-0.1, -0.05) is 0 Å². The molecule has 0 saturated carbocycles. The number of aliphatic hydroxyl groups is 4. The molecule has 134 valence electrons. The summed E-state index contributed by atoms with van der Waals surface area (Å²) < 4.78 is 5.87. The van der Waals surface area contributed by atoms with E-state index in [9.17, 15) is 10.2 Å². The second kappa shape index (κ2) is 11.1. The van der Waals surface area contributed by atoms with Crippen LogP contribution in [0.4, 0.5) is 0 Å². The van der Waals surface area contributed by atoms with Gasteiger partial charge >= 0.3 is 0 Å². The lowest BCUT2D eigenvalue weighted by Crippen LogP contribution is -2.34. The van der Waals surface area contributed by atoms with Gasteiger partial charge in [0, 0.05) is 16.3 Å². The molecule has 0 aromatic rings. The van der Waals surface area contributed by atoms with Crippen LogP contribution in [0.3, 0.4) is 0 Å². The number of hydrogen-bond donors (Lipinski definition) is 4. The number of thioether (sulfide) groups is 2. The Labute approximate surface area is 142 Å². The normalized spacial score (nSPS) is 15.8. The van der Waals surface area contributed by atoms with Crippen molar-refractivity contribution in [3.63, 3.8) is 0 Å². The number of aliphatic hydroxyl groups excluding tert-OH is 4. The van der Waals surface area contributed by atoms with Gasteiger partial charge in [0.25, 0.3) is 0 Å². The summed E-state index contributed by atoms with van der Waals surface area (Å²) in [6, 6.07) is 0. The Hall–Kier alpha value is 0.500. The molecule has 0 aromatic heterocycles. The Balaban J connectivity index is 3.98. The highest BCUT2D eigenvalue weighted by Crippen LogP contribution is 2.28. The average molecular weight is 357 g/mol. The molecule has 0 aliphatic rings. The van der Waals surface area contributed by atoms with E-state index in [-0.39, 0.29) is 23.6 Å². The zero-order valence-electron chi connectivity index (χ0n) is 14.1. The summed E-state index contributed by atoms with van der Waals surface area (Å²) >= 11 is 3.19. The van der Waals surface area contributed by atoms with Crippen LogP contribution in [0.5, 0.6) is 0 Å². The molecule has 7 heteroatoms. The van der Waals surface area contributed by atoms with Crippen LogP contribution in [-0.4, -0.2) is 80.1 Å². The molecule has 5 nitrogen and oxygen atoms in total. The predicted molar refractivity (Wildman–Crippen MR) is 94.7 cm³/mol. The Morgan fingerprint density at radius 3 is 2.05 bits per heavy atom. The van der Waals surface area contributed by atoms with Gasteiger partial charge in [-0.15, -0.1) is 0 Å². The maximum absolute atomic E-state index is 9.41. The van der Waals surface area contributed by atoms with Crippen LogP contribution in [0.25, 0.3) is 0 Å². The Bertz CT molecular complexity index is 287. The fourth-order valence-electron chi connectivity index (χ4n) is 1.45. The molecule has 2 atom stereocenters. The highest BCUT2D eigenvalue weighted by Gasteiger charge is 2.26. The highest BCUT2D eigenvalue weighted by atomic mass is 32.2. The average Bonchev–Trinajstić information content (AvgIpc) is 2.47. The quantitative estimate of drug-likeness (QED) is 0.368. The van der Waals surface area contributed by atoms with Crippen LogP contribution in [0.15, 0.2) is 0 Å². The first kappa shape index (κ1) is 22.5. The molecule has 0 fully saturated rings. The maximum Gasteiger partial charge on any atom is 0.0861 e. The molecule has 0 heterocycles. The topological polar surface area (TPSA) is 90.2 Å². The van der Waals surface area contributed by atoms with E-state index in [1.54, 1.807) is 23.5 Å². The fraction of sp³-hybridized carbons (Fsp3) is 1.00. The smallest absolute Gasteiger partial charge is 0.0861 e. The van der Waals surface area contributed by atoms with Gasteiger partial charge in [-0.05, 0) is 39.9 Å². The Morgan fingerprint density at radius 2 is 1.50 bits per heavy atom. The first-order valence-electron chi connectivity index (χ1n) is 7.55. The fourth-order valence-corrected chi connectivity index (χ4v) is 3.52. The zero-order valence-corrected chi connectivity index (χ0v) is 15.8. The third kappa shape index (κ3) is 12.0. The predicted octanol–water partition coefficient (Wildman–Crippen LogP) is 1.12. The number of ether oxygens (including phenoxy) is 1. The van der Waals surface area contributed by atoms with Gasteiger partial charge in [-0.3, -0.25) is 0 Å². The lowest BCUT2D eigenvalue weighted by Gasteiger charge is -2.32. The minimum absolute atomic E-state index is 0.131. The molecule has 2 unspecified atom stereocenters. The maximum atomic E-state index is 9.41. The van der Waals surface area contributed by atoms with Crippen LogP contribution in [0.2, 0.25) is 0 Å². The Kier molecular flexibility index (Phi) is 11.4. The van der Waals surface area contributed by atoms with Crippen molar-refractivity contribution >= 4 is 23.5 Å². The zero-order chi connectivity index (χ0) is 17.2. The second-order valence-corrected chi connectivity index (χ2v) is 9.49. The van der Waals surface area contributed by atoms with Gasteiger partial charge < -0.3 is 25.2 Å². The van der Waals surface area contributed by atoms with Gasteiger partial charge in [-0.2, -0.15) is 23.5 Å². The summed E-state index contributed by atoms with van der Waals surface area (Å²) in [5.74, 6) is 1.88.